The van der Waals surface area contributed by atoms with Crippen LogP contribution in [-0.4, -0.2) is 55.4 Å². The maximum atomic E-state index is 3.49. The molecule has 3 heteroatoms. The molecule has 0 atom stereocenters. The molecule has 0 saturated carbocycles. The van der Waals surface area contributed by atoms with Gasteiger partial charge in [0.1, 0.15) is 0 Å². The third-order valence-electron chi connectivity index (χ3n) is 1.89. The zero-order valence-electron chi connectivity index (χ0n) is 9.39. The van der Waals surface area contributed by atoms with E-state index in [-0.39, 0.29) is 0 Å². The van der Waals surface area contributed by atoms with Gasteiger partial charge in [0.05, 0.1) is 0 Å². The number of halogens is 1. The van der Waals surface area contributed by atoms with Crippen LogP contribution in [0.3, 0.4) is 0 Å². The van der Waals surface area contributed by atoms with Crippen molar-refractivity contribution < 1.29 is 0 Å². The second kappa shape index (κ2) is 7.77. The molecular formula is C10H23BrN2. The summed E-state index contributed by atoms with van der Waals surface area (Å²) in [6, 6.07) is 0. The number of alkyl halides is 1. The molecule has 0 unspecified atom stereocenters. The molecule has 0 amide bonds. The molecule has 0 heterocycles. The Bertz CT molecular complexity index is 115. The van der Waals surface area contributed by atoms with Gasteiger partial charge in [-0.1, -0.05) is 29.8 Å². The van der Waals surface area contributed by atoms with Crippen molar-refractivity contribution in [1.82, 2.24) is 9.80 Å². The van der Waals surface area contributed by atoms with E-state index in [0.29, 0.717) is 0 Å². The van der Waals surface area contributed by atoms with E-state index in [0.717, 1.165) is 24.3 Å². The van der Waals surface area contributed by atoms with Crippen LogP contribution < -0.4 is 0 Å². The molecule has 0 aliphatic carbocycles. The predicted molar refractivity (Wildman–Crippen MR) is 63.6 cm³/mol. The van der Waals surface area contributed by atoms with Crippen molar-refractivity contribution in [2.45, 2.75) is 13.8 Å². The minimum atomic E-state index is 0.765. The first-order valence-corrected chi connectivity index (χ1v) is 6.11. The second-order valence-electron chi connectivity index (χ2n) is 4.19. The van der Waals surface area contributed by atoms with Gasteiger partial charge < -0.3 is 9.80 Å². The summed E-state index contributed by atoms with van der Waals surface area (Å²) in [5.41, 5.74) is 0. The van der Waals surface area contributed by atoms with Gasteiger partial charge >= 0.3 is 0 Å². The van der Waals surface area contributed by atoms with E-state index in [9.17, 15) is 0 Å². The maximum Gasteiger partial charge on any atom is 0.0159 e. The minimum absolute atomic E-state index is 0.765. The van der Waals surface area contributed by atoms with Gasteiger partial charge in [-0.25, -0.2) is 0 Å². The third kappa shape index (κ3) is 8.72. The Labute approximate surface area is 91.4 Å². The SMILES string of the molecule is CC(C)CN(CCBr)CCN(C)C. The average Bonchev–Trinajstić information content (AvgIpc) is 1.99. The highest BCUT2D eigenvalue weighted by molar-refractivity contribution is 9.09. The number of nitrogens with zero attached hydrogens (tertiary/aromatic N) is 2. The van der Waals surface area contributed by atoms with Gasteiger partial charge in [-0.15, -0.1) is 0 Å². The number of hydrogen-bond acceptors (Lipinski definition) is 2. The van der Waals surface area contributed by atoms with Crippen LogP contribution in [0, 0.1) is 5.92 Å². The van der Waals surface area contributed by atoms with Crippen LogP contribution in [0.25, 0.3) is 0 Å². The Morgan fingerprint density at radius 1 is 1.08 bits per heavy atom. The highest BCUT2D eigenvalue weighted by Crippen LogP contribution is 1.99. The van der Waals surface area contributed by atoms with Crippen LogP contribution in [0.2, 0.25) is 0 Å². The number of rotatable bonds is 7. The molecule has 0 rings (SSSR count). The molecule has 0 bridgehead atoms. The Kier molecular flexibility index (Phi) is 8.01. The summed E-state index contributed by atoms with van der Waals surface area (Å²) in [4.78, 5) is 4.75. The van der Waals surface area contributed by atoms with Gasteiger partial charge in [-0.2, -0.15) is 0 Å². The van der Waals surface area contributed by atoms with Crippen LogP contribution in [0.4, 0.5) is 0 Å². The molecule has 80 valence electrons. The highest BCUT2D eigenvalue weighted by atomic mass is 79.9. The van der Waals surface area contributed by atoms with Crippen molar-refractivity contribution in [3.63, 3.8) is 0 Å². The van der Waals surface area contributed by atoms with Crippen molar-refractivity contribution in [2.75, 3.05) is 45.6 Å². The first-order chi connectivity index (χ1) is 6.06. The molecule has 0 aliphatic heterocycles. The van der Waals surface area contributed by atoms with Crippen molar-refractivity contribution in [1.29, 1.82) is 0 Å². The Morgan fingerprint density at radius 3 is 2.08 bits per heavy atom. The molecule has 2 nitrogen and oxygen atoms in total. The summed E-state index contributed by atoms with van der Waals surface area (Å²) < 4.78 is 0. The summed E-state index contributed by atoms with van der Waals surface area (Å²) in [7, 11) is 4.25. The smallest absolute Gasteiger partial charge is 0.0159 e. The monoisotopic (exact) mass is 250 g/mol. The average molecular weight is 251 g/mol. The summed E-state index contributed by atoms with van der Waals surface area (Å²) in [6.07, 6.45) is 0. The third-order valence-corrected chi connectivity index (χ3v) is 2.24. The van der Waals surface area contributed by atoms with Crippen molar-refractivity contribution in [2.24, 2.45) is 5.92 Å². The summed E-state index contributed by atoms with van der Waals surface area (Å²) in [5, 5.41) is 1.08. The van der Waals surface area contributed by atoms with Gasteiger partial charge in [-0.05, 0) is 20.0 Å². The van der Waals surface area contributed by atoms with Crippen LogP contribution >= 0.6 is 15.9 Å². The Balaban J connectivity index is 3.66. The van der Waals surface area contributed by atoms with Crippen LogP contribution in [0.1, 0.15) is 13.8 Å². The molecule has 13 heavy (non-hydrogen) atoms. The number of hydrogen-bond donors (Lipinski definition) is 0. The second-order valence-corrected chi connectivity index (χ2v) is 4.98. The van der Waals surface area contributed by atoms with E-state index in [4.69, 9.17) is 0 Å². The van der Waals surface area contributed by atoms with E-state index in [2.05, 4.69) is 53.7 Å². The van der Waals surface area contributed by atoms with E-state index < -0.39 is 0 Å². The van der Waals surface area contributed by atoms with Crippen molar-refractivity contribution in [3.05, 3.63) is 0 Å². The lowest BCUT2D eigenvalue weighted by atomic mass is 10.2. The molecule has 0 saturated heterocycles. The van der Waals surface area contributed by atoms with Gasteiger partial charge in [0.2, 0.25) is 0 Å². The van der Waals surface area contributed by atoms with E-state index in [1.807, 2.05) is 0 Å². The molecular weight excluding hydrogens is 228 g/mol. The van der Waals surface area contributed by atoms with Crippen LogP contribution in [0.15, 0.2) is 0 Å². The van der Waals surface area contributed by atoms with Crippen LogP contribution in [-0.2, 0) is 0 Å². The lowest BCUT2D eigenvalue weighted by Gasteiger charge is -2.24. The lowest BCUT2D eigenvalue weighted by Crippen LogP contribution is -2.35. The molecule has 0 spiro atoms. The molecule has 0 aromatic carbocycles. The normalized spacial score (nSPS) is 12.0. The van der Waals surface area contributed by atoms with E-state index in [1.165, 1.54) is 13.1 Å². The predicted octanol–water partition coefficient (Wildman–Crippen LogP) is 1.90. The van der Waals surface area contributed by atoms with Crippen LogP contribution in [0.5, 0.6) is 0 Å². The lowest BCUT2D eigenvalue weighted by molar-refractivity contribution is 0.230. The summed E-state index contributed by atoms with van der Waals surface area (Å²) in [6.45, 7) is 9.25. The van der Waals surface area contributed by atoms with Gasteiger partial charge in [-0.3, -0.25) is 0 Å². The fraction of sp³-hybridized carbons (Fsp3) is 1.00. The van der Waals surface area contributed by atoms with Crippen molar-refractivity contribution in [3.8, 4) is 0 Å². The van der Waals surface area contributed by atoms with Gasteiger partial charge in [0.15, 0.2) is 0 Å². The Hall–Kier alpha value is 0.400. The van der Waals surface area contributed by atoms with E-state index in [1.54, 1.807) is 0 Å². The quantitative estimate of drug-likeness (QED) is 0.638. The standard InChI is InChI=1S/C10H23BrN2/c1-10(2)9-13(6-5-11)8-7-12(3)4/h10H,5-9H2,1-4H3. The highest BCUT2D eigenvalue weighted by Gasteiger charge is 2.06. The fourth-order valence-corrected chi connectivity index (χ4v) is 1.77. The van der Waals surface area contributed by atoms with Crippen molar-refractivity contribution >= 4 is 15.9 Å². The zero-order valence-corrected chi connectivity index (χ0v) is 11.0. The molecule has 0 radical (unpaired) electrons. The Morgan fingerprint density at radius 2 is 1.69 bits per heavy atom. The largest absolute Gasteiger partial charge is 0.308 e. The molecule has 0 aromatic heterocycles. The molecule has 0 fully saturated rings. The zero-order chi connectivity index (χ0) is 10.3. The minimum Gasteiger partial charge on any atom is -0.308 e. The first-order valence-electron chi connectivity index (χ1n) is 4.99. The fourth-order valence-electron chi connectivity index (χ4n) is 1.27. The summed E-state index contributed by atoms with van der Waals surface area (Å²) >= 11 is 3.49. The first kappa shape index (κ1) is 13.4. The molecule has 0 aromatic rings. The summed E-state index contributed by atoms with van der Waals surface area (Å²) in [5.74, 6) is 0.765. The number of likely N-dealkylation sites (N-methyl/N-ethyl adjacent to an activating group) is 1. The van der Waals surface area contributed by atoms with Gasteiger partial charge in [0, 0.05) is 31.5 Å². The molecule has 0 N–H and O–H groups in total. The van der Waals surface area contributed by atoms with E-state index >= 15 is 0 Å². The molecule has 0 aliphatic rings. The maximum absolute atomic E-state index is 3.49. The van der Waals surface area contributed by atoms with Gasteiger partial charge in [0.25, 0.3) is 0 Å². The topological polar surface area (TPSA) is 6.48 Å².